The fourth-order valence-corrected chi connectivity index (χ4v) is 4.39. The molecule has 6 nitrogen and oxygen atoms in total. The van der Waals surface area contributed by atoms with Crippen molar-refractivity contribution in [2.75, 3.05) is 17.9 Å². The minimum atomic E-state index is -3.96. The van der Waals surface area contributed by atoms with Crippen molar-refractivity contribution in [3.8, 4) is 5.75 Å². The second kappa shape index (κ2) is 9.85. The number of anilines is 1. The third-order valence-electron chi connectivity index (χ3n) is 4.64. The second-order valence-electron chi connectivity index (χ2n) is 6.97. The molecule has 0 saturated carbocycles. The van der Waals surface area contributed by atoms with Crippen LogP contribution < -0.4 is 14.8 Å². The number of hydrogen-bond acceptors (Lipinski definition) is 4. The molecule has 3 aromatic carbocycles. The lowest BCUT2D eigenvalue weighted by Crippen LogP contribution is -2.28. The van der Waals surface area contributed by atoms with Crippen LogP contribution >= 0.6 is 11.6 Å². The molecule has 0 aromatic heterocycles. The first-order valence-electron chi connectivity index (χ1n) is 9.62. The van der Waals surface area contributed by atoms with Crippen molar-refractivity contribution in [1.29, 1.82) is 0 Å². The molecule has 2 N–H and O–H groups in total. The third-order valence-corrected chi connectivity index (χ3v) is 6.51. The maximum atomic E-state index is 12.7. The fraction of sp³-hybridized carbons (Fsp3) is 0.174. The average Bonchev–Trinajstić information content (AvgIpc) is 2.74. The van der Waals surface area contributed by atoms with Crippen molar-refractivity contribution < 1.29 is 17.9 Å². The molecule has 0 radical (unpaired) electrons. The van der Waals surface area contributed by atoms with Crippen molar-refractivity contribution in [2.45, 2.75) is 18.7 Å². The van der Waals surface area contributed by atoms with Crippen LogP contribution in [-0.2, 0) is 10.0 Å². The number of ether oxygens (including phenoxy) is 1. The molecule has 0 unspecified atom stereocenters. The third kappa shape index (κ3) is 5.99. The van der Waals surface area contributed by atoms with Crippen LogP contribution in [0.25, 0.3) is 0 Å². The predicted octanol–water partition coefficient (Wildman–Crippen LogP) is 4.57. The number of benzene rings is 3. The average molecular weight is 459 g/mol. The van der Waals surface area contributed by atoms with E-state index in [9.17, 15) is 13.2 Å². The molecule has 0 fully saturated rings. The number of halogens is 1. The molecule has 0 spiro atoms. The Labute approximate surface area is 187 Å². The number of hydrogen-bond donors (Lipinski definition) is 2. The molecule has 8 heteroatoms. The standard InChI is InChI=1S/C23H23ClN2O4S/c1-16-8-10-20(14-17(16)2)30-13-12-25-23(27)18-9-11-21(24)22(15-18)31(28,29)26-19-6-4-3-5-7-19/h3-11,14-15,26H,12-13H2,1-2H3,(H,25,27). The molecule has 31 heavy (non-hydrogen) atoms. The van der Waals surface area contributed by atoms with Gasteiger partial charge in [0, 0.05) is 11.3 Å². The Hall–Kier alpha value is -3.03. The van der Waals surface area contributed by atoms with Gasteiger partial charge in [0.15, 0.2) is 0 Å². The van der Waals surface area contributed by atoms with E-state index in [1.54, 1.807) is 30.3 Å². The summed E-state index contributed by atoms with van der Waals surface area (Å²) in [4.78, 5) is 12.3. The lowest BCUT2D eigenvalue weighted by molar-refractivity contribution is 0.0947. The number of amides is 1. The summed E-state index contributed by atoms with van der Waals surface area (Å²) in [6.07, 6.45) is 0. The van der Waals surface area contributed by atoms with Crippen LogP contribution in [0.15, 0.2) is 71.6 Å². The first-order chi connectivity index (χ1) is 14.8. The molecule has 0 saturated heterocycles. The van der Waals surface area contributed by atoms with Crippen molar-refractivity contribution in [2.24, 2.45) is 0 Å². The topological polar surface area (TPSA) is 84.5 Å². The summed E-state index contributed by atoms with van der Waals surface area (Å²) >= 11 is 6.10. The quantitative estimate of drug-likeness (QED) is 0.484. The summed E-state index contributed by atoms with van der Waals surface area (Å²) < 4.78 is 33.5. The van der Waals surface area contributed by atoms with Crippen LogP contribution in [0.2, 0.25) is 5.02 Å². The van der Waals surface area contributed by atoms with E-state index < -0.39 is 15.9 Å². The summed E-state index contributed by atoms with van der Waals surface area (Å²) in [7, 11) is -3.96. The number of para-hydroxylation sites is 1. The number of rotatable bonds is 8. The molecule has 0 atom stereocenters. The molecule has 162 valence electrons. The van der Waals surface area contributed by atoms with Crippen molar-refractivity contribution in [1.82, 2.24) is 5.32 Å². The fourth-order valence-electron chi connectivity index (χ4n) is 2.81. The van der Waals surface area contributed by atoms with Gasteiger partial charge in [-0.1, -0.05) is 35.9 Å². The van der Waals surface area contributed by atoms with Gasteiger partial charge in [-0.15, -0.1) is 0 Å². The lowest BCUT2D eigenvalue weighted by Gasteiger charge is -2.12. The van der Waals surface area contributed by atoms with E-state index in [4.69, 9.17) is 16.3 Å². The van der Waals surface area contributed by atoms with Crippen LogP contribution in [0.4, 0.5) is 5.69 Å². The number of sulfonamides is 1. The molecule has 0 aliphatic rings. The Kier molecular flexibility index (Phi) is 7.20. The van der Waals surface area contributed by atoms with Gasteiger partial charge in [0.25, 0.3) is 15.9 Å². The number of carbonyl (C=O) groups excluding carboxylic acids is 1. The first kappa shape index (κ1) is 22.7. The maximum absolute atomic E-state index is 12.7. The maximum Gasteiger partial charge on any atom is 0.263 e. The zero-order valence-corrected chi connectivity index (χ0v) is 18.8. The Morgan fingerprint density at radius 1 is 0.968 bits per heavy atom. The van der Waals surface area contributed by atoms with E-state index in [1.165, 1.54) is 23.8 Å². The van der Waals surface area contributed by atoms with E-state index >= 15 is 0 Å². The zero-order valence-electron chi connectivity index (χ0n) is 17.2. The van der Waals surface area contributed by atoms with Gasteiger partial charge in [0.05, 0.1) is 11.6 Å². The Morgan fingerprint density at radius 3 is 2.42 bits per heavy atom. The smallest absolute Gasteiger partial charge is 0.263 e. The summed E-state index contributed by atoms with van der Waals surface area (Å²) in [6, 6.07) is 18.4. The van der Waals surface area contributed by atoms with Crippen LogP contribution in [0.1, 0.15) is 21.5 Å². The van der Waals surface area contributed by atoms with Crippen molar-refractivity contribution in [3.05, 3.63) is 88.4 Å². The summed E-state index contributed by atoms with van der Waals surface area (Å²) in [6.45, 7) is 4.57. The van der Waals surface area contributed by atoms with E-state index in [0.717, 1.165) is 11.3 Å². The summed E-state index contributed by atoms with van der Waals surface area (Å²) in [5, 5.41) is 2.75. The van der Waals surface area contributed by atoms with Gasteiger partial charge in [-0.25, -0.2) is 8.42 Å². The number of aryl methyl sites for hydroxylation is 2. The SMILES string of the molecule is Cc1ccc(OCCNC(=O)c2ccc(Cl)c(S(=O)(=O)Nc3ccccc3)c2)cc1C. The lowest BCUT2D eigenvalue weighted by atomic mass is 10.1. The van der Waals surface area contributed by atoms with Crippen LogP contribution in [0.3, 0.4) is 0 Å². The van der Waals surface area contributed by atoms with E-state index in [0.29, 0.717) is 5.69 Å². The van der Waals surface area contributed by atoms with E-state index in [-0.39, 0.29) is 28.6 Å². The molecular formula is C23H23ClN2O4S. The molecule has 0 aliphatic heterocycles. The highest BCUT2D eigenvalue weighted by Crippen LogP contribution is 2.25. The Bertz CT molecular complexity index is 1180. The van der Waals surface area contributed by atoms with Gasteiger partial charge in [0.1, 0.15) is 17.3 Å². The molecule has 3 rings (SSSR count). The van der Waals surface area contributed by atoms with Gasteiger partial charge < -0.3 is 10.1 Å². The zero-order chi connectivity index (χ0) is 22.4. The minimum absolute atomic E-state index is 0.0260. The molecule has 0 heterocycles. The molecule has 0 bridgehead atoms. The van der Waals surface area contributed by atoms with E-state index in [1.807, 2.05) is 32.0 Å². The molecule has 3 aromatic rings. The van der Waals surface area contributed by atoms with E-state index in [2.05, 4.69) is 10.0 Å². The Balaban J connectivity index is 1.63. The minimum Gasteiger partial charge on any atom is -0.492 e. The second-order valence-corrected chi connectivity index (χ2v) is 9.03. The Morgan fingerprint density at radius 2 is 1.71 bits per heavy atom. The summed E-state index contributed by atoms with van der Waals surface area (Å²) in [5.41, 5.74) is 2.89. The van der Waals surface area contributed by atoms with Gasteiger partial charge in [-0.05, 0) is 67.4 Å². The predicted molar refractivity (Wildman–Crippen MR) is 122 cm³/mol. The van der Waals surface area contributed by atoms with Gasteiger partial charge in [-0.2, -0.15) is 0 Å². The monoisotopic (exact) mass is 458 g/mol. The number of nitrogens with one attached hydrogen (secondary N) is 2. The molecular weight excluding hydrogens is 436 g/mol. The van der Waals surface area contributed by atoms with Crippen molar-refractivity contribution >= 4 is 33.2 Å². The number of carbonyl (C=O) groups is 1. The normalized spacial score (nSPS) is 11.1. The van der Waals surface area contributed by atoms with Crippen LogP contribution in [0, 0.1) is 13.8 Å². The van der Waals surface area contributed by atoms with Gasteiger partial charge in [0.2, 0.25) is 0 Å². The van der Waals surface area contributed by atoms with Crippen LogP contribution in [0.5, 0.6) is 5.75 Å². The van der Waals surface area contributed by atoms with Crippen molar-refractivity contribution in [3.63, 3.8) is 0 Å². The highest BCUT2D eigenvalue weighted by atomic mass is 35.5. The van der Waals surface area contributed by atoms with Crippen LogP contribution in [-0.4, -0.2) is 27.5 Å². The molecule has 1 amide bonds. The first-order valence-corrected chi connectivity index (χ1v) is 11.5. The molecule has 0 aliphatic carbocycles. The summed E-state index contributed by atoms with van der Waals surface area (Å²) in [5.74, 6) is 0.306. The largest absolute Gasteiger partial charge is 0.492 e. The van der Waals surface area contributed by atoms with Gasteiger partial charge >= 0.3 is 0 Å². The van der Waals surface area contributed by atoms with Gasteiger partial charge in [-0.3, -0.25) is 9.52 Å². The highest BCUT2D eigenvalue weighted by Gasteiger charge is 2.20. The highest BCUT2D eigenvalue weighted by molar-refractivity contribution is 7.92.